The monoisotopic (exact) mass is 289 g/mol. The van der Waals surface area contributed by atoms with Crippen LogP contribution in [0.15, 0.2) is 30.3 Å². The van der Waals surface area contributed by atoms with Crippen LogP contribution in [0.1, 0.15) is 24.4 Å². The smallest absolute Gasteiger partial charge is 0.251 e. The summed E-state index contributed by atoms with van der Waals surface area (Å²) in [6.07, 6.45) is 1.61. The first-order valence-corrected chi connectivity index (χ1v) is 7.65. The SMILES string of the molecule is CN(CC1CNNC1c1ccccc1)C(=O)C1CCCO1. The van der Waals surface area contributed by atoms with Crippen molar-refractivity contribution >= 4 is 5.91 Å². The van der Waals surface area contributed by atoms with Gasteiger partial charge < -0.3 is 9.64 Å². The molecule has 3 atom stereocenters. The van der Waals surface area contributed by atoms with Gasteiger partial charge in [-0.05, 0) is 18.4 Å². The van der Waals surface area contributed by atoms with E-state index in [1.165, 1.54) is 5.56 Å². The van der Waals surface area contributed by atoms with Crippen LogP contribution in [0.3, 0.4) is 0 Å². The Kier molecular flexibility index (Phi) is 4.53. The molecule has 1 aromatic rings. The number of hydrazine groups is 1. The number of benzene rings is 1. The van der Waals surface area contributed by atoms with Crippen LogP contribution in [-0.2, 0) is 9.53 Å². The Hall–Kier alpha value is -1.43. The molecule has 0 radical (unpaired) electrons. The number of rotatable bonds is 4. The lowest BCUT2D eigenvalue weighted by atomic mass is 9.94. The zero-order valence-electron chi connectivity index (χ0n) is 12.4. The van der Waals surface area contributed by atoms with Crippen LogP contribution in [0.5, 0.6) is 0 Å². The molecule has 0 saturated carbocycles. The first-order chi connectivity index (χ1) is 10.3. The number of hydrogen-bond acceptors (Lipinski definition) is 4. The number of carbonyl (C=O) groups excluding carboxylic acids is 1. The third-order valence-corrected chi connectivity index (χ3v) is 4.34. The van der Waals surface area contributed by atoms with Gasteiger partial charge in [0.25, 0.3) is 5.91 Å². The van der Waals surface area contributed by atoms with E-state index in [2.05, 4.69) is 23.0 Å². The highest BCUT2D eigenvalue weighted by molar-refractivity contribution is 5.80. The molecule has 5 nitrogen and oxygen atoms in total. The van der Waals surface area contributed by atoms with Crippen LogP contribution in [0.4, 0.5) is 0 Å². The molecule has 2 aliphatic heterocycles. The van der Waals surface area contributed by atoms with Gasteiger partial charge in [-0.25, -0.2) is 5.43 Å². The van der Waals surface area contributed by atoms with Crippen molar-refractivity contribution in [3.05, 3.63) is 35.9 Å². The van der Waals surface area contributed by atoms with Gasteiger partial charge in [0.15, 0.2) is 0 Å². The molecule has 5 heteroatoms. The fourth-order valence-corrected chi connectivity index (χ4v) is 3.18. The number of amides is 1. The quantitative estimate of drug-likeness (QED) is 0.871. The summed E-state index contributed by atoms with van der Waals surface area (Å²) < 4.78 is 5.49. The molecule has 3 rings (SSSR count). The van der Waals surface area contributed by atoms with Crippen molar-refractivity contribution < 1.29 is 9.53 Å². The maximum absolute atomic E-state index is 12.3. The average Bonchev–Trinajstić information content (AvgIpc) is 3.19. The van der Waals surface area contributed by atoms with Crippen LogP contribution in [-0.4, -0.2) is 43.7 Å². The molecule has 2 N–H and O–H groups in total. The Balaban J connectivity index is 1.62. The van der Waals surface area contributed by atoms with Gasteiger partial charge in [-0.2, -0.15) is 0 Å². The van der Waals surface area contributed by atoms with Gasteiger partial charge in [0, 0.05) is 32.7 Å². The lowest BCUT2D eigenvalue weighted by molar-refractivity contribution is -0.140. The van der Waals surface area contributed by atoms with E-state index in [-0.39, 0.29) is 18.1 Å². The molecule has 0 bridgehead atoms. The third kappa shape index (κ3) is 3.26. The van der Waals surface area contributed by atoms with E-state index < -0.39 is 0 Å². The molecule has 21 heavy (non-hydrogen) atoms. The van der Waals surface area contributed by atoms with E-state index in [1.807, 2.05) is 30.1 Å². The van der Waals surface area contributed by atoms with E-state index in [0.29, 0.717) is 12.5 Å². The van der Waals surface area contributed by atoms with Crippen LogP contribution in [0.25, 0.3) is 0 Å². The summed E-state index contributed by atoms with van der Waals surface area (Å²) in [6, 6.07) is 10.6. The van der Waals surface area contributed by atoms with E-state index in [4.69, 9.17) is 4.74 Å². The standard InChI is InChI=1S/C16H23N3O2/c1-19(16(20)14-8-5-9-21-14)11-13-10-17-18-15(13)12-6-3-2-4-7-12/h2-4,6-7,13-15,17-18H,5,8-11H2,1H3. The number of nitrogens with one attached hydrogen (secondary N) is 2. The molecule has 114 valence electrons. The molecule has 0 aliphatic carbocycles. The molecule has 0 spiro atoms. The van der Waals surface area contributed by atoms with Crippen molar-refractivity contribution in [3.8, 4) is 0 Å². The van der Waals surface area contributed by atoms with Gasteiger partial charge in [-0.3, -0.25) is 10.2 Å². The van der Waals surface area contributed by atoms with Crippen molar-refractivity contribution in [2.45, 2.75) is 25.0 Å². The molecule has 1 amide bonds. The average molecular weight is 289 g/mol. The van der Waals surface area contributed by atoms with Crippen molar-refractivity contribution in [2.24, 2.45) is 5.92 Å². The second-order valence-corrected chi connectivity index (χ2v) is 5.89. The first-order valence-electron chi connectivity index (χ1n) is 7.65. The number of carbonyl (C=O) groups is 1. The summed E-state index contributed by atoms with van der Waals surface area (Å²) in [6.45, 7) is 2.31. The fraction of sp³-hybridized carbons (Fsp3) is 0.562. The lowest BCUT2D eigenvalue weighted by Crippen LogP contribution is -2.40. The van der Waals surface area contributed by atoms with Crippen LogP contribution >= 0.6 is 0 Å². The second-order valence-electron chi connectivity index (χ2n) is 5.89. The zero-order chi connectivity index (χ0) is 14.7. The van der Waals surface area contributed by atoms with E-state index in [1.54, 1.807) is 0 Å². The van der Waals surface area contributed by atoms with E-state index >= 15 is 0 Å². The van der Waals surface area contributed by atoms with Gasteiger partial charge in [0.05, 0.1) is 6.04 Å². The Labute approximate surface area is 125 Å². The third-order valence-electron chi connectivity index (χ3n) is 4.34. The van der Waals surface area contributed by atoms with Gasteiger partial charge >= 0.3 is 0 Å². The highest BCUT2D eigenvalue weighted by Crippen LogP contribution is 2.25. The molecular weight excluding hydrogens is 266 g/mol. The summed E-state index contributed by atoms with van der Waals surface area (Å²) in [7, 11) is 1.88. The topological polar surface area (TPSA) is 53.6 Å². The minimum Gasteiger partial charge on any atom is -0.368 e. The van der Waals surface area contributed by atoms with Crippen LogP contribution < -0.4 is 10.9 Å². The molecule has 1 aromatic carbocycles. The highest BCUT2D eigenvalue weighted by Gasteiger charge is 2.32. The minimum absolute atomic E-state index is 0.117. The minimum atomic E-state index is -0.229. The van der Waals surface area contributed by atoms with Crippen molar-refractivity contribution in [1.29, 1.82) is 0 Å². The second kappa shape index (κ2) is 6.56. The molecule has 2 heterocycles. The van der Waals surface area contributed by atoms with Gasteiger partial charge in [-0.15, -0.1) is 0 Å². The predicted octanol–water partition coefficient (Wildman–Crippen LogP) is 1.09. The fourth-order valence-electron chi connectivity index (χ4n) is 3.18. The lowest BCUT2D eigenvalue weighted by Gasteiger charge is -2.26. The summed E-state index contributed by atoms with van der Waals surface area (Å²) in [5.74, 6) is 0.481. The summed E-state index contributed by atoms with van der Waals surface area (Å²) >= 11 is 0. The maximum Gasteiger partial charge on any atom is 0.251 e. The number of hydrogen-bond donors (Lipinski definition) is 2. The normalized spacial score (nSPS) is 28.7. The largest absolute Gasteiger partial charge is 0.368 e. The number of likely N-dealkylation sites (N-methyl/N-ethyl adjacent to an activating group) is 1. The molecule has 3 unspecified atom stereocenters. The van der Waals surface area contributed by atoms with Gasteiger partial charge in [0.1, 0.15) is 6.10 Å². The Morgan fingerprint density at radius 3 is 2.90 bits per heavy atom. The van der Waals surface area contributed by atoms with Gasteiger partial charge in [0.2, 0.25) is 0 Å². The Morgan fingerprint density at radius 2 is 2.19 bits per heavy atom. The van der Waals surface area contributed by atoms with Crippen LogP contribution in [0.2, 0.25) is 0 Å². The van der Waals surface area contributed by atoms with E-state index in [9.17, 15) is 4.79 Å². The zero-order valence-corrected chi connectivity index (χ0v) is 12.4. The maximum atomic E-state index is 12.3. The molecule has 0 aromatic heterocycles. The Morgan fingerprint density at radius 1 is 1.38 bits per heavy atom. The molecule has 2 fully saturated rings. The highest BCUT2D eigenvalue weighted by atomic mass is 16.5. The van der Waals surface area contributed by atoms with Crippen LogP contribution in [0, 0.1) is 5.92 Å². The van der Waals surface area contributed by atoms with Crippen molar-refractivity contribution in [3.63, 3.8) is 0 Å². The number of ether oxygens (including phenoxy) is 1. The number of nitrogens with zero attached hydrogens (tertiary/aromatic N) is 1. The van der Waals surface area contributed by atoms with Crippen molar-refractivity contribution in [1.82, 2.24) is 15.8 Å². The van der Waals surface area contributed by atoms with Crippen molar-refractivity contribution in [2.75, 3.05) is 26.7 Å². The molecule has 2 saturated heterocycles. The van der Waals surface area contributed by atoms with Gasteiger partial charge in [-0.1, -0.05) is 30.3 Å². The molecule has 2 aliphatic rings. The Bertz CT molecular complexity index is 474. The van der Waals surface area contributed by atoms with E-state index in [0.717, 1.165) is 25.9 Å². The summed E-state index contributed by atoms with van der Waals surface area (Å²) in [5.41, 5.74) is 7.79. The predicted molar refractivity (Wildman–Crippen MR) is 80.4 cm³/mol. The first kappa shape index (κ1) is 14.5. The summed E-state index contributed by atoms with van der Waals surface area (Å²) in [5, 5.41) is 0. The summed E-state index contributed by atoms with van der Waals surface area (Å²) in [4.78, 5) is 14.2. The molecular formula is C16H23N3O2.